The molecule has 0 unspecified atom stereocenters. The van der Waals surface area contributed by atoms with E-state index in [9.17, 15) is 0 Å². The molecule has 358 valence electrons. The normalized spacial score (nSPS) is 13.1. The average Bonchev–Trinajstić information content (AvgIpc) is 4.39. The van der Waals surface area contributed by atoms with Gasteiger partial charge < -0.3 is 0 Å². The van der Waals surface area contributed by atoms with E-state index in [1.807, 2.05) is 34.0 Å². The number of para-hydroxylation sites is 5. The predicted octanol–water partition coefficient (Wildman–Crippen LogP) is 20.3. The van der Waals surface area contributed by atoms with Crippen molar-refractivity contribution in [1.29, 1.82) is 0 Å². The number of rotatable bonds is 8. The minimum atomic E-state index is -0.672. The Labute approximate surface area is 458 Å². The van der Waals surface area contributed by atoms with E-state index >= 15 is 0 Å². The number of hydrogen-bond donors (Lipinski definition) is 0. The van der Waals surface area contributed by atoms with E-state index in [-0.39, 0.29) is 14.5 Å². The molecular formula is C69H43N3S3Se. The van der Waals surface area contributed by atoms with Gasteiger partial charge in [0.2, 0.25) is 0 Å². The van der Waals surface area contributed by atoms with Crippen molar-refractivity contribution in [2.24, 2.45) is 0 Å². The molecule has 16 rings (SSSR count). The molecule has 0 radical (unpaired) electrons. The van der Waals surface area contributed by atoms with Crippen molar-refractivity contribution in [3.05, 3.63) is 283 Å². The number of benzene rings is 10. The third-order valence-corrected chi connectivity index (χ3v) is 21.6. The molecule has 0 saturated carbocycles. The standard InChI is InChI=1S/C69H43N3S3Se/c1-5-22-45(23-6-1)70(46-24-7-2-8-25-46)62-42-57-66(74-62)67-58(43-63(75-67)71(47-26-9-3-10-27-47)48-28-11-4-12-29-48)69(57)55-35-15-16-36-59(55)72(64-56(69)40-39-54-52-32-14-18-38-61(52)76-68(54)64)49-30-19-21-44(41-49)50-33-20-34-53-51-31-13-17-37-60(51)73-65(50)53/h1-43H. The Kier molecular flexibility index (Phi) is 10.1. The van der Waals surface area contributed by atoms with Crippen LogP contribution in [0.5, 0.6) is 0 Å². The van der Waals surface area contributed by atoms with Crippen LogP contribution < -0.4 is 14.7 Å². The van der Waals surface area contributed by atoms with E-state index in [1.54, 1.807) is 0 Å². The molecule has 2 aliphatic rings. The van der Waals surface area contributed by atoms with Crippen LogP contribution in [0.15, 0.2) is 261 Å². The monoisotopic (exact) mass is 1090 g/mol. The van der Waals surface area contributed by atoms with Crippen LogP contribution in [0.4, 0.5) is 49.8 Å². The van der Waals surface area contributed by atoms with Crippen molar-refractivity contribution in [3.63, 3.8) is 0 Å². The summed E-state index contributed by atoms with van der Waals surface area (Å²) in [5, 5.41) is 7.70. The van der Waals surface area contributed by atoms with Gasteiger partial charge in [0.1, 0.15) is 0 Å². The first-order valence-electron chi connectivity index (χ1n) is 25.7. The van der Waals surface area contributed by atoms with Crippen molar-refractivity contribution < 1.29 is 0 Å². The quantitative estimate of drug-likeness (QED) is 0.140. The summed E-state index contributed by atoms with van der Waals surface area (Å²) >= 11 is 5.78. The maximum atomic E-state index is 2.65. The number of thiophene rings is 3. The first kappa shape index (κ1) is 44.1. The Balaban J connectivity index is 1.000. The topological polar surface area (TPSA) is 9.72 Å². The number of nitrogens with zero attached hydrogens (tertiary/aromatic N) is 3. The molecule has 7 heteroatoms. The van der Waals surface area contributed by atoms with Crippen molar-refractivity contribution in [3.8, 4) is 20.9 Å². The molecule has 10 aromatic carbocycles. The third-order valence-electron chi connectivity index (χ3n) is 15.5. The van der Waals surface area contributed by atoms with E-state index in [0.717, 1.165) is 28.4 Å². The fourth-order valence-corrected chi connectivity index (χ4v) is 18.8. The van der Waals surface area contributed by atoms with Gasteiger partial charge in [-0.1, -0.05) is 0 Å². The summed E-state index contributed by atoms with van der Waals surface area (Å²) in [5.74, 6) is 0. The zero-order valence-electron chi connectivity index (χ0n) is 40.8. The second-order valence-electron chi connectivity index (χ2n) is 19.5. The summed E-state index contributed by atoms with van der Waals surface area (Å²) < 4.78 is 5.51. The number of hydrogen-bond acceptors (Lipinski definition) is 6. The fourth-order valence-electron chi connectivity index (χ4n) is 12.3. The van der Waals surface area contributed by atoms with Crippen LogP contribution in [-0.2, 0) is 5.41 Å². The van der Waals surface area contributed by atoms with Gasteiger partial charge in [-0.3, -0.25) is 0 Å². The van der Waals surface area contributed by atoms with E-state index in [0.29, 0.717) is 0 Å². The zero-order chi connectivity index (χ0) is 49.9. The van der Waals surface area contributed by atoms with Crippen molar-refractivity contribution in [1.82, 2.24) is 0 Å². The first-order chi connectivity index (χ1) is 37.7. The van der Waals surface area contributed by atoms with Gasteiger partial charge in [-0.05, 0) is 0 Å². The Hall–Kier alpha value is -8.26. The molecule has 1 aliphatic heterocycles. The van der Waals surface area contributed by atoms with Crippen molar-refractivity contribution in [2.45, 2.75) is 5.41 Å². The van der Waals surface area contributed by atoms with Crippen LogP contribution in [0.1, 0.15) is 22.3 Å². The summed E-state index contributed by atoms with van der Waals surface area (Å²) in [4.78, 5) is 10.2. The minimum absolute atomic E-state index is 0.0436. The molecule has 0 amide bonds. The molecule has 1 spiro atoms. The second-order valence-corrected chi connectivity index (χ2v) is 24.9. The molecule has 1 aliphatic carbocycles. The van der Waals surface area contributed by atoms with E-state index in [4.69, 9.17) is 0 Å². The molecule has 0 N–H and O–H groups in total. The van der Waals surface area contributed by atoms with Gasteiger partial charge in [0, 0.05) is 0 Å². The number of anilines is 9. The van der Waals surface area contributed by atoms with Crippen LogP contribution in [0.3, 0.4) is 0 Å². The van der Waals surface area contributed by atoms with Crippen molar-refractivity contribution >= 4 is 138 Å². The molecule has 0 bridgehead atoms. The van der Waals surface area contributed by atoms with E-state index in [2.05, 4.69) is 276 Å². The predicted molar refractivity (Wildman–Crippen MR) is 327 cm³/mol. The Morgan fingerprint density at radius 3 is 1.57 bits per heavy atom. The molecule has 14 aromatic rings. The molecule has 5 heterocycles. The second kappa shape index (κ2) is 17.4. The summed E-state index contributed by atoms with van der Waals surface area (Å²) in [7, 11) is 0. The van der Waals surface area contributed by atoms with Gasteiger partial charge in [-0.15, -0.1) is 0 Å². The van der Waals surface area contributed by atoms with Gasteiger partial charge >= 0.3 is 462 Å². The first-order valence-corrected chi connectivity index (χ1v) is 29.8. The van der Waals surface area contributed by atoms with E-state index < -0.39 is 5.41 Å². The molecule has 4 aromatic heterocycles. The summed E-state index contributed by atoms with van der Waals surface area (Å²) in [6.45, 7) is 0. The van der Waals surface area contributed by atoms with Crippen LogP contribution in [0, 0.1) is 0 Å². The summed E-state index contributed by atoms with van der Waals surface area (Å²) in [5.41, 5.74) is 15.3. The summed E-state index contributed by atoms with van der Waals surface area (Å²) in [6, 6.07) is 97.2. The SMILES string of the molecule is c1ccc(N(c2ccccc2)c2cc3c(s2)-c2sc(N(c4ccccc4)c4ccccc4)cc2C32c3ccccc3N(c3cccc(-c4cccc5c4sc4ccccc45)c3)c3c2ccc2c3[se]c3ccccc32)cc1. The van der Waals surface area contributed by atoms with Gasteiger partial charge in [0.15, 0.2) is 0 Å². The van der Waals surface area contributed by atoms with Crippen molar-refractivity contribution in [2.75, 3.05) is 14.7 Å². The van der Waals surface area contributed by atoms with Gasteiger partial charge in [0.25, 0.3) is 0 Å². The Morgan fingerprint density at radius 2 is 0.921 bits per heavy atom. The summed E-state index contributed by atoms with van der Waals surface area (Å²) in [6.07, 6.45) is 0. The molecule has 0 fully saturated rings. The average molecular weight is 1090 g/mol. The van der Waals surface area contributed by atoms with Crippen LogP contribution in [0.25, 0.3) is 60.3 Å². The maximum absolute atomic E-state index is 2.65. The molecular weight excluding hydrogens is 1050 g/mol. The zero-order valence-corrected chi connectivity index (χ0v) is 45.0. The van der Waals surface area contributed by atoms with Crippen LogP contribution in [-0.4, -0.2) is 14.5 Å². The Morgan fingerprint density at radius 1 is 0.382 bits per heavy atom. The molecule has 3 nitrogen and oxygen atoms in total. The molecule has 0 atom stereocenters. The molecule has 76 heavy (non-hydrogen) atoms. The number of fused-ring (bicyclic) bond motifs is 16. The van der Waals surface area contributed by atoms with Gasteiger partial charge in [-0.25, -0.2) is 0 Å². The Bertz CT molecular complexity index is 4350. The van der Waals surface area contributed by atoms with Gasteiger partial charge in [0.05, 0.1) is 0 Å². The van der Waals surface area contributed by atoms with Crippen LogP contribution >= 0.6 is 34.0 Å². The van der Waals surface area contributed by atoms with E-state index in [1.165, 1.54) is 104 Å². The van der Waals surface area contributed by atoms with Crippen LogP contribution in [0.2, 0.25) is 0 Å². The van der Waals surface area contributed by atoms with Gasteiger partial charge in [-0.2, -0.15) is 0 Å². The molecule has 0 saturated heterocycles. The fraction of sp³-hybridized carbons (Fsp3) is 0.0145. The third kappa shape index (κ3) is 6.51.